The minimum absolute atomic E-state index is 0.0570. The summed E-state index contributed by atoms with van der Waals surface area (Å²) in [6.45, 7) is 6.77. The number of nitrogens with one attached hydrogen (secondary N) is 1. The van der Waals surface area contributed by atoms with Gasteiger partial charge in [-0.05, 0) is 44.0 Å². The fraction of sp³-hybridized carbons (Fsp3) is 0.304. The van der Waals surface area contributed by atoms with Gasteiger partial charge in [0.2, 0.25) is 11.8 Å². The Bertz CT molecular complexity index is 1200. The summed E-state index contributed by atoms with van der Waals surface area (Å²) >= 11 is 1.71. The quantitative estimate of drug-likeness (QED) is 0.576. The molecule has 1 unspecified atom stereocenters. The summed E-state index contributed by atoms with van der Waals surface area (Å²) in [6.07, 6.45) is 0.893. The Hall–Kier alpha value is -3.44. The van der Waals surface area contributed by atoms with E-state index in [9.17, 15) is 5.26 Å². The van der Waals surface area contributed by atoms with E-state index in [0.717, 1.165) is 33.7 Å². The van der Waals surface area contributed by atoms with Gasteiger partial charge in [0.05, 0.1) is 30.9 Å². The highest BCUT2D eigenvalue weighted by Gasteiger charge is 2.36. The molecule has 3 aromatic rings. The van der Waals surface area contributed by atoms with Crippen LogP contribution in [0, 0.1) is 25.2 Å². The topological polar surface area (TPSA) is 106 Å². The smallest absolute Gasteiger partial charge is 0.244 e. The van der Waals surface area contributed by atoms with Gasteiger partial charge in [-0.3, -0.25) is 5.10 Å². The number of aryl methyl sites for hydroxylation is 2. The summed E-state index contributed by atoms with van der Waals surface area (Å²) in [5, 5.41) is 17.4. The number of nitriles is 1. The standard InChI is InChI=1S/C23H24N4O3S/c1-5-8-29-17-7-6-14(10-18(17)28-4)19-16(11-24)22(25)30-23-20(19)21(26-27-23)15-9-12(2)31-13(15)3/h6-7,9-10,19H,5,8,25H2,1-4H3,(H,26,27). The van der Waals surface area contributed by atoms with E-state index in [1.54, 1.807) is 18.4 Å². The zero-order chi connectivity index (χ0) is 22.1. The van der Waals surface area contributed by atoms with Crippen LogP contribution in [0.25, 0.3) is 11.3 Å². The predicted molar refractivity (Wildman–Crippen MR) is 119 cm³/mol. The Morgan fingerprint density at radius 1 is 1.29 bits per heavy atom. The van der Waals surface area contributed by atoms with E-state index in [2.05, 4.69) is 36.2 Å². The van der Waals surface area contributed by atoms with Crippen LogP contribution in [0.15, 0.2) is 35.7 Å². The van der Waals surface area contributed by atoms with E-state index in [1.165, 1.54) is 4.88 Å². The van der Waals surface area contributed by atoms with Crippen LogP contribution in [0.1, 0.15) is 40.1 Å². The van der Waals surface area contributed by atoms with Crippen molar-refractivity contribution in [3.8, 4) is 34.7 Å². The van der Waals surface area contributed by atoms with Gasteiger partial charge < -0.3 is 19.9 Å². The third-order valence-electron chi connectivity index (χ3n) is 5.23. The van der Waals surface area contributed by atoms with Crippen molar-refractivity contribution in [2.45, 2.75) is 33.1 Å². The van der Waals surface area contributed by atoms with Gasteiger partial charge in [0, 0.05) is 15.3 Å². The normalized spacial score (nSPS) is 15.3. The Morgan fingerprint density at radius 3 is 2.74 bits per heavy atom. The highest BCUT2D eigenvalue weighted by molar-refractivity contribution is 7.12. The van der Waals surface area contributed by atoms with Crippen LogP contribution in [0.5, 0.6) is 17.4 Å². The molecule has 1 aliphatic rings. The summed E-state index contributed by atoms with van der Waals surface area (Å²) in [5.74, 6) is 1.25. The average Bonchev–Trinajstić information content (AvgIpc) is 3.32. The Kier molecular flexibility index (Phi) is 5.61. The molecular formula is C23H24N4O3S. The van der Waals surface area contributed by atoms with E-state index in [4.69, 9.17) is 19.9 Å². The van der Waals surface area contributed by atoms with E-state index in [-0.39, 0.29) is 5.88 Å². The van der Waals surface area contributed by atoms with Crippen LogP contribution >= 0.6 is 11.3 Å². The first-order chi connectivity index (χ1) is 15.0. The van der Waals surface area contributed by atoms with Gasteiger partial charge in [-0.2, -0.15) is 5.26 Å². The van der Waals surface area contributed by atoms with Crippen LogP contribution < -0.4 is 19.9 Å². The molecule has 3 heterocycles. The molecule has 0 saturated heterocycles. The Labute approximate surface area is 185 Å². The van der Waals surface area contributed by atoms with Gasteiger partial charge in [-0.25, -0.2) is 0 Å². The second-order valence-corrected chi connectivity index (χ2v) is 8.79. The molecule has 31 heavy (non-hydrogen) atoms. The van der Waals surface area contributed by atoms with Crippen LogP contribution in [-0.4, -0.2) is 23.9 Å². The van der Waals surface area contributed by atoms with E-state index in [1.807, 2.05) is 25.1 Å². The fourth-order valence-corrected chi connectivity index (χ4v) is 4.79. The van der Waals surface area contributed by atoms with Gasteiger partial charge in [0.25, 0.3) is 0 Å². The minimum Gasteiger partial charge on any atom is -0.493 e. The maximum atomic E-state index is 9.92. The maximum absolute atomic E-state index is 9.92. The van der Waals surface area contributed by atoms with Gasteiger partial charge in [-0.1, -0.05) is 13.0 Å². The van der Waals surface area contributed by atoms with E-state index in [0.29, 0.717) is 29.6 Å². The summed E-state index contributed by atoms with van der Waals surface area (Å²) in [6, 6.07) is 10.0. The lowest BCUT2D eigenvalue weighted by molar-refractivity contribution is 0.294. The van der Waals surface area contributed by atoms with E-state index < -0.39 is 5.92 Å². The van der Waals surface area contributed by atoms with Gasteiger partial charge in [0.15, 0.2) is 11.5 Å². The third kappa shape index (κ3) is 3.62. The van der Waals surface area contributed by atoms with Gasteiger partial charge in [0.1, 0.15) is 11.6 Å². The van der Waals surface area contributed by atoms with Gasteiger partial charge >= 0.3 is 0 Å². The lowest BCUT2D eigenvalue weighted by Gasteiger charge is -2.24. The molecule has 1 atom stereocenters. The number of nitrogens with zero attached hydrogens (tertiary/aromatic N) is 2. The van der Waals surface area contributed by atoms with Gasteiger partial charge in [-0.15, -0.1) is 16.4 Å². The van der Waals surface area contributed by atoms with Crippen molar-refractivity contribution in [2.24, 2.45) is 5.73 Å². The number of thiophene rings is 1. The van der Waals surface area contributed by atoms with E-state index >= 15 is 0 Å². The maximum Gasteiger partial charge on any atom is 0.244 e. The number of methoxy groups -OCH3 is 1. The number of fused-ring (bicyclic) bond motifs is 1. The molecule has 7 nitrogen and oxygen atoms in total. The second kappa shape index (κ2) is 8.36. The molecule has 160 valence electrons. The molecule has 0 bridgehead atoms. The van der Waals surface area contributed by atoms with Crippen molar-refractivity contribution in [1.82, 2.24) is 10.2 Å². The number of hydrogen-bond acceptors (Lipinski definition) is 7. The van der Waals surface area contributed by atoms with Crippen molar-refractivity contribution in [3.63, 3.8) is 0 Å². The first kappa shape index (κ1) is 20.8. The minimum atomic E-state index is -0.448. The number of aromatic amines is 1. The molecule has 3 N–H and O–H groups in total. The monoisotopic (exact) mass is 436 g/mol. The highest BCUT2D eigenvalue weighted by atomic mass is 32.1. The predicted octanol–water partition coefficient (Wildman–Crippen LogP) is 4.77. The average molecular weight is 437 g/mol. The third-order valence-corrected chi connectivity index (χ3v) is 6.20. The molecule has 2 aromatic heterocycles. The van der Waals surface area contributed by atoms with Crippen molar-refractivity contribution < 1.29 is 14.2 Å². The number of aromatic nitrogens is 2. The lowest BCUT2D eigenvalue weighted by atomic mass is 9.83. The second-order valence-electron chi connectivity index (χ2n) is 7.33. The number of H-pyrrole nitrogens is 1. The molecular weight excluding hydrogens is 412 g/mol. The molecule has 0 amide bonds. The Balaban J connectivity index is 1.89. The molecule has 1 aliphatic heterocycles. The fourth-order valence-electron chi connectivity index (χ4n) is 3.86. The number of rotatable bonds is 6. The van der Waals surface area contributed by atoms with Crippen LogP contribution in [0.4, 0.5) is 0 Å². The summed E-state index contributed by atoms with van der Waals surface area (Å²) in [7, 11) is 1.60. The Morgan fingerprint density at radius 2 is 2.10 bits per heavy atom. The summed E-state index contributed by atoms with van der Waals surface area (Å²) in [4.78, 5) is 2.35. The number of ether oxygens (including phenoxy) is 3. The van der Waals surface area contributed by atoms with Crippen molar-refractivity contribution in [3.05, 3.63) is 56.6 Å². The molecule has 4 rings (SSSR count). The van der Waals surface area contributed by atoms with Crippen molar-refractivity contribution >= 4 is 11.3 Å². The van der Waals surface area contributed by atoms with Crippen LogP contribution in [0.2, 0.25) is 0 Å². The first-order valence-corrected chi connectivity index (χ1v) is 10.8. The number of hydrogen-bond donors (Lipinski definition) is 2. The van der Waals surface area contributed by atoms with Crippen LogP contribution in [0.3, 0.4) is 0 Å². The van der Waals surface area contributed by atoms with Crippen LogP contribution in [-0.2, 0) is 0 Å². The molecule has 0 saturated carbocycles. The lowest BCUT2D eigenvalue weighted by Crippen LogP contribution is -2.21. The zero-order valence-electron chi connectivity index (χ0n) is 17.9. The number of benzene rings is 1. The first-order valence-electron chi connectivity index (χ1n) is 10.0. The SMILES string of the molecule is CCCOc1ccc(C2C(C#N)=C(N)Oc3n[nH]c(-c4cc(C)sc4C)c32)cc1OC. The molecule has 0 radical (unpaired) electrons. The number of allylic oxidation sites excluding steroid dienone is 1. The highest BCUT2D eigenvalue weighted by Crippen LogP contribution is 2.48. The molecule has 0 aliphatic carbocycles. The van der Waals surface area contributed by atoms with Crippen molar-refractivity contribution in [2.75, 3.05) is 13.7 Å². The largest absolute Gasteiger partial charge is 0.493 e. The molecule has 0 fully saturated rings. The molecule has 1 aromatic carbocycles. The summed E-state index contributed by atoms with van der Waals surface area (Å²) < 4.78 is 17.1. The number of nitrogens with two attached hydrogens (primary N) is 1. The zero-order valence-corrected chi connectivity index (χ0v) is 18.7. The molecule has 8 heteroatoms. The van der Waals surface area contributed by atoms with Crippen molar-refractivity contribution in [1.29, 1.82) is 5.26 Å². The summed E-state index contributed by atoms with van der Waals surface area (Å²) in [5.41, 5.74) is 9.94. The molecule has 0 spiro atoms.